The summed E-state index contributed by atoms with van der Waals surface area (Å²) in [5.74, 6) is 0.0669. The average Bonchev–Trinajstić information content (AvgIpc) is 2.67. The van der Waals surface area contributed by atoms with E-state index in [4.69, 9.17) is 5.11 Å². The number of hydrogen-bond donors (Lipinski definition) is 1. The van der Waals surface area contributed by atoms with Crippen molar-refractivity contribution >= 4 is 55.1 Å². The number of ketones is 1. The molecule has 5 heteroatoms. The zero-order valence-electron chi connectivity index (χ0n) is 9.06. The van der Waals surface area contributed by atoms with E-state index in [1.165, 1.54) is 18.2 Å². The van der Waals surface area contributed by atoms with Crippen molar-refractivity contribution in [2.75, 3.05) is 0 Å². The van der Waals surface area contributed by atoms with E-state index in [1.54, 1.807) is 29.5 Å². The number of phenolic OH excluding ortho intramolecular Hbond substituents is 1. The Labute approximate surface area is 125 Å². The highest BCUT2D eigenvalue weighted by molar-refractivity contribution is 9.13. The second-order valence-corrected chi connectivity index (χ2v) is 6.77. The van der Waals surface area contributed by atoms with E-state index in [-0.39, 0.29) is 11.5 Å². The quantitative estimate of drug-likeness (QED) is 0.602. The molecular formula is C13H8Br2O2S. The van der Waals surface area contributed by atoms with E-state index in [1.807, 2.05) is 6.07 Å². The van der Waals surface area contributed by atoms with Crippen LogP contribution in [0, 0.1) is 0 Å². The van der Waals surface area contributed by atoms with Crippen molar-refractivity contribution in [1.29, 1.82) is 0 Å². The molecule has 0 atom stereocenters. The van der Waals surface area contributed by atoms with Crippen LogP contribution in [-0.2, 0) is 0 Å². The molecule has 0 radical (unpaired) electrons. The zero-order valence-corrected chi connectivity index (χ0v) is 13.0. The first-order valence-electron chi connectivity index (χ1n) is 5.02. The molecule has 2 nitrogen and oxygen atoms in total. The summed E-state index contributed by atoms with van der Waals surface area (Å²) in [6.07, 6.45) is 3.30. The second-order valence-electron chi connectivity index (χ2n) is 3.51. The zero-order chi connectivity index (χ0) is 13.1. The number of phenols is 1. The molecule has 1 aromatic heterocycles. The third-order valence-electron chi connectivity index (χ3n) is 2.22. The smallest absolute Gasteiger partial charge is 0.185 e. The Morgan fingerprint density at radius 2 is 1.89 bits per heavy atom. The van der Waals surface area contributed by atoms with E-state index in [9.17, 15) is 4.79 Å². The molecule has 0 saturated heterocycles. The SMILES string of the molecule is O=C(/C=C/c1cc(Br)c(Br)s1)c1ccc(O)cc1. The number of rotatable bonds is 3. The lowest BCUT2D eigenvalue weighted by Gasteiger charge is -1.95. The summed E-state index contributed by atoms with van der Waals surface area (Å²) in [4.78, 5) is 12.8. The highest BCUT2D eigenvalue weighted by Gasteiger charge is 2.04. The number of allylic oxidation sites excluding steroid dienone is 1. The van der Waals surface area contributed by atoms with Gasteiger partial charge in [-0.1, -0.05) is 0 Å². The standard InChI is InChI=1S/C13H8Br2O2S/c14-11-7-10(18-13(11)15)5-6-12(17)8-1-3-9(16)4-2-8/h1-7,16H/b6-5+. The van der Waals surface area contributed by atoms with E-state index in [0.717, 1.165) is 13.1 Å². The molecule has 0 spiro atoms. The van der Waals surface area contributed by atoms with Gasteiger partial charge >= 0.3 is 0 Å². The molecule has 92 valence electrons. The van der Waals surface area contributed by atoms with Gasteiger partial charge in [-0.3, -0.25) is 4.79 Å². The molecule has 0 aliphatic heterocycles. The minimum Gasteiger partial charge on any atom is -0.508 e. The number of thiophene rings is 1. The van der Waals surface area contributed by atoms with Gasteiger partial charge in [0.2, 0.25) is 0 Å². The Morgan fingerprint density at radius 1 is 1.22 bits per heavy atom. The van der Waals surface area contributed by atoms with Gasteiger partial charge in [-0.2, -0.15) is 0 Å². The predicted octanol–water partition coefficient (Wildman–Crippen LogP) is 4.87. The van der Waals surface area contributed by atoms with Crippen LogP contribution in [0.15, 0.2) is 44.7 Å². The Bertz CT molecular complexity index is 580. The molecule has 0 aliphatic carbocycles. The van der Waals surface area contributed by atoms with E-state index < -0.39 is 0 Å². The minimum atomic E-state index is -0.0874. The number of aromatic hydroxyl groups is 1. The van der Waals surface area contributed by atoms with Gasteiger partial charge in [-0.15, -0.1) is 11.3 Å². The summed E-state index contributed by atoms with van der Waals surface area (Å²) < 4.78 is 1.98. The van der Waals surface area contributed by atoms with Crippen LogP contribution in [0.2, 0.25) is 0 Å². The fourth-order valence-electron chi connectivity index (χ4n) is 1.33. The molecule has 0 bridgehead atoms. The van der Waals surface area contributed by atoms with Crippen molar-refractivity contribution in [3.63, 3.8) is 0 Å². The highest BCUT2D eigenvalue weighted by Crippen LogP contribution is 2.33. The molecule has 2 rings (SSSR count). The van der Waals surface area contributed by atoms with Gasteiger partial charge in [0.05, 0.1) is 3.79 Å². The number of benzene rings is 1. The molecule has 2 aromatic rings. The predicted molar refractivity (Wildman–Crippen MR) is 81.2 cm³/mol. The van der Waals surface area contributed by atoms with Gasteiger partial charge in [0.25, 0.3) is 0 Å². The summed E-state index contributed by atoms with van der Waals surface area (Å²) in [5, 5.41) is 9.14. The third kappa shape index (κ3) is 3.31. The van der Waals surface area contributed by atoms with Crippen molar-refractivity contribution in [3.8, 4) is 5.75 Å². The lowest BCUT2D eigenvalue weighted by molar-refractivity contribution is 0.104. The lowest BCUT2D eigenvalue weighted by Crippen LogP contribution is -1.92. The Morgan fingerprint density at radius 3 is 2.44 bits per heavy atom. The van der Waals surface area contributed by atoms with Gasteiger partial charge in [0.1, 0.15) is 5.75 Å². The van der Waals surface area contributed by atoms with Crippen molar-refractivity contribution in [1.82, 2.24) is 0 Å². The lowest BCUT2D eigenvalue weighted by atomic mass is 10.1. The summed E-state index contributed by atoms with van der Waals surface area (Å²) in [6, 6.07) is 8.14. The highest BCUT2D eigenvalue weighted by atomic mass is 79.9. The second kappa shape index (κ2) is 5.82. The molecule has 1 aromatic carbocycles. The number of carbonyl (C=O) groups excluding carboxylic acids is 1. The Hall–Kier alpha value is -0.910. The first kappa shape index (κ1) is 13.5. The van der Waals surface area contributed by atoms with Crippen LogP contribution in [0.5, 0.6) is 5.75 Å². The maximum absolute atomic E-state index is 11.8. The summed E-state index contributed by atoms with van der Waals surface area (Å²) in [5.41, 5.74) is 0.554. The third-order valence-corrected chi connectivity index (χ3v) is 5.44. The van der Waals surface area contributed by atoms with Gasteiger partial charge < -0.3 is 5.11 Å². The van der Waals surface area contributed by atoms with Crippen LogP contribution < -0.4 is 0 Å². The minimum absolute atomic E-state index is 0.0874. The maximum atomic E-state index is 11.8. The number of carbonyl (C=O) groups is 1. The summed E-state index contributed by atoms with van der Waals surface area (Å²) >= 11 is 8.34. The molecule has 0 fully saturated rings. The van der Waals surface area contributed by atoms with Crippen LogP contribution in [0.4, 0.5) is 0 Å². The largest absolute Gasteiger partial charge is 0.508 e. The van der Waals surface area contributed by atoms with E-state index in [2.05, 4.69) is 31.9 Å². The van der Waals surface area contributed by atoms with Gasteiger partial charge in [-0.05, 0) is 74.3 Å². The number of hydrogen-bond acceptors (Lipinski definition) is 3. The van der Waals surface area contributed by atoms with Crippen molar-refractivity contribution < 1.29 is 9.90 Å². The molecule has 0 saturated carbocycles. The van der Waals surface area contributed by atoms with Crippen LogP contribution in [0.3, 0.4) is 0 Å². The van der Waals surface area contributed by atoms with E-state index >= 15 is 0 Å². The first-order valence-corrected chi connectivity index (χ1v) is 7.43. The molecule has 0 unspecified atom stereocenters. The van der Waals surface area contributed by atoms with Gasteiger partial charge in [0, 0.05) is 14.9 Å². The van der Waals surface area contributed by atoms with Crippen LogP contribution in [0.25, 0.3) is 6.08 Å². The normalized spacial score (nSPS) is 11.0. The van der Waals surface area contributed by atoms with Crippen LogP contribution >= 0.6 is 43.2 Å². The Kier molecular flexibility index (Phi) is 4.37. The summed E-state index contributed by atoms with van der Waals surface area (Å²) in [6.45, 7) is 0. The molecule has 0 amide bonds. The van der Waals surface area contributed by atoms with E-state index in [0.29, 0.717) is 5.56 Å². The van der Waals surface area contributed by atoms with Crippen LogP contribution in [0.1, 0.15) is 15.2 Å². The fraction of sp³-hybridized carbons (Fsp3) is 0. The fourth-order valence-corrected chi connectivity index (χ4v) is 3.32. The van der Waals surface area contributed by atoms with Gasteiger partial charge in [-0.25, -0.2) is 0 Å². The molecule has 18 heavy (non-hydrogen) atoms. The first-order chi connectivity index (χ1) is 8.56. The molecule has 1 heterocycles. The molecule has 0 aliphatic rings. The average molecular weight is 388 g/mol. The topological polar surface area (TPSA) is 37.3 Å². The molecule has 1 N–H and O–H groups in total. The Balaban J connectivity index is 2.14. The van der Waals surface area contributed by atoms with Crippen molar-refractivity contribution in [2.24, 2.45) is 0 Å². The maximum Gasteiger partial charge on any atom is 0.185 e. The van der Waals surface area contributed by atoms with Crippen molar-refractivity contribution in [2.45, 2.75) is 0 Å². The number of halogens is 2. The van der Waals surface area contributed by atoms with Crippen LogP contribution in [-0.4, -0.2) is 10.9 Å². The monoisotopic (exact) mass is 386 g/mol. The summed E-state index contributed by atoms with van der Waals surface area (Å²) in [7, 11) is 0. The molecular weight excluding hydrogens is 380 g/mol. The van der Waals surface area contributed by atoms with Crippen molar-refractivity contribution in [3.05, 3.63) is 55.1 Å². The van der Waals surface area contributed by atoms with Gasteiger partial charge in [0.15, 0.2) is 5.78 Å².